The van der Waals surface area contributed by atoms with Crippen LogP contribution < -0.4 is 10.2 Å². The number of hydrogen-bond acceptors (Lipinski definition) is 4. The number of H-pyrrole nitrogens is 1. The van der Waals surface area contributed by atoms with E-state index < -0.39 is 0 Å². The Labute approximate surface area is 126 Å². The molecule has 116 valence electrons. The lowest BCUT2D eigenvalue weighted by molar-refractivity contribution is 0.317. The zero-order chi connectivity index (χ0) is 14.1. The van der Waals surface area contributed by atoms with Crippen LogP contribution in [-0.2, 0) is 0 Å². The summed E-state index contributed by atoms with van der Waals surface area (Å²) in [4.78, 5) is 7.16. The van der Waals surface area contributed by atoms with Crippen LogP contribution in [0.4, 0.5) is 5.95 Å². The Balaban J connectivity index is 1.35. The lowest BCUT2D eigenvalue weighted by Gasteiger charge is -2.34. The van der Waals surface area contributed by atoms with Gasteiger partial charge in [0.15, 0.2) is 0 Å². The van der Waals surface area contributed by atoms with E-state index in [1.54, 1.807) is 0 Å². The fourth-order valence-electron chi connectivity index (χ4n) is 4.40. The summed E-state index contributed by atoms with van der Waals surface area (Å²) in [6.45, 7) is 3.45. The summed E-state index contributed by atoms with van der Waals surface area (Å²) in [7, 11) is 0. The van der Waals surface area contributed by atoms with Gasteiger partial charge in [-0.3, -0.25) is 5.10 Å². The molecule has 0 spiro atoms. The monoisotopic (exact) mass is 289 g/mol. The Bertz CT molecular complexity index is 451. The van der Waals surface area contributed by atoms with Gasteiger partial charge in [0.05, 0.1) is 0 Å². The van der Waals surface area contributed by atoms with Crippen LogP contribution in [0, 0.1) is 5.92 Å². The maximum atomic E-state index is 4.78. The van der Waals surface area contributed by atoms with E-state index >= 15 is 0 Å². The van der Waals surface area contributed by atoms with Gasteiger partial charge in [-0.05, 0) is 51.0 Å². The number of aromatic amines is 1. The van der Waals surface area contributed by atoms with Crippen LogP contribution in [0.3, 0.4) is 0 Å². The van der Waals surface area contributed by atoms with Gasteiger partial charge < -0.3 is 10.2 Å². The number of piperidine rings is 1. The van der Waals surface area contributed by atoms with Gasteiger partial charge in [0.25, 0.3) is 0 Å². The highest BCUT2D eigenvalue weighted by molar-refractivity contribution is 5.30. The minimum absolute atomic E-state index is 0.631. The quantitative estimate of drug-likeness (QED) is 0.897. The van der Waals surface area contributed by atoms with E-state index in [1.807, 2.05) is 0 Å². The van der Waals surface area contributed by atoms with Crippen molar-refractivity contribution in [2.45, 2.75) is 63.3 Å². The predicted molar refractivity (Wildman–Crippen MR) is 83.6 cm³/mol. The zero-order valence-electron chi connectivity index (χ0n) is 12.9. The van der Waals surface area contributed by atoms with Crippen molar-refractivity contribution in [2.24, 2.45) is 5.92 Å². The molecule has 2 aliphatic heterocycles. The highest BCUT2D eigenvalue weighted by Gasteiger charge is 2.30. The largest absolute Gasteiger partial charge is 0.340 e. The molecule has 5 heteroatoms. The molecule has 1 aliphatic carbocycles. The Morgan fingerprint density at radius 3 is 2.48 bits per heavy atom. The molecular formula is C16H27N5. The average Bonchev–Trinajstić information content (AvgIpc) is 3.27. The molecule has 5 nitrogen and oxygen atoms in total. The maximum Gasteiger partial charge on any atom is 0.244 e. The minimum Gasteiger partial charge on any atom is -0.340 e. The third-order valence-corrected chi connectivity index (χ3v) is 5.72. The van der Waals surface area contributed by atoms with E-state index in [9.17, 15) is 0 Å². The van der Waals surface area contributed by atoms with Crippen LogP contribution >= 0.6 is 0 Å². The lowest BCUT2D eigenvalue weighted by Crippen LogP contribution is -2.41. The number of aromatic nitrogens is 3. The van der Waals surface area contributed by atoms with E-state index in [0.717, 1.165) is 36.8 Å². The van der Waals surface area contributed by atoms with Crippen LogP contribution in [0.1, 0.15) is 63.1 Å². The molecule has 1 saturated carbocycles. The van der Waals surface area contributed by atoms with E-state index in [-0.39, 0.29) is 0 Å². The first-order valence-electron chi connectivity index (χ1n) is 8.81. The SMILES string of the molecule is C1CCC(c2nc(N3CCC(C4CCCN4)CC3)n[nH]2)C1. The maximum absolute atomic E-state index is 4.78. The fraction of sp³-hybridized carbons (Fsp3) is 0.875. The summed E-state index contributed by atoms with van der Waals surface area (Å²) in [6, 6.07) is 0.772. The highest BCUT2D eigenvalue weighted by atomic mass is 15.4. The molecule has 1 aromatic rings. The molecule has 0 bridgehead atoms. The average molecular weight is 289 g/mol. The first-order chi connectivity index (χ1) is 10.4. The van der Waals surface area contributed by atoms with Crippen molar-refractivity contribution in [1.29, 1.82) is 0 Å². The van der Waals surface area contributed by atoms with Crippen LogP contribution in [0.25, 0.3) is 0 Å². The Hall–Kier alpha value is -1.10. The molecule has 3 fully saturated rings. The first-order valence-corrected chi connectivity index (χ1v) is 8.81. The van der Waals surface area contributed by atoms with Crippen LogP contribution in [0.5, 0.6) is 0 Å². The second-order valence-corrected chi connectivity index (χ2v) is 7.03. The normalized spacial score (nSPS) is 28.6. The molecule has 3 heterocycles. The Kier molecular flexibility index (Phi) is 3.84. The highest BCUT2D eigenvalue weighted by Crippen LogP contribution is 2.33. The van der Waals surface area contributed by atoms with Crippen molar-refractivity contribution >= 4 is 5.95 Å². The lowest BCUT2D eigenvalue weighted by atomic mass is 9.89. The fourth-order valence-corrected chi connectivity index (χ4v) is 4.40. The van der Waals surface area contributed by atoms with Crippen molar-refractivity contribution in [2.75, 3.05) is 24.5 Å². The van der Waals surface area contributed by atoms with Crippen molar-refractivity contribution in [1.82, 2.24) is 20.5 Å². The van der Waals surface area contributed by atoms with Crippen LogP contribution in [-0.4, -0.2) is 40.9 Å². The van der Waals surface area contributed by atoms with E-state index in [1.165, 1.54) is 57.9 Å². The number of anilines is 1. The van der Waals surface area contributed by atoms with Gasteiger partial charge in [-0.25, -0.2) is 0 Å². The number of rotatable bonds is 3. The molecule has 21 heavy (non-hydrogen) atoms. The summed E-state index contributed by atoms with van der Waals surface area (Å²) in [5.74, 6) is 3.56. The second kappa shape index (κ2) is 5.95. The summed E-state index contributed by atoms with van der Waals surface area (Å²) in [5.41, 5.74) is 0. The smallest absolute Gasteiger partial charge is 0.244 e. The summed E-state index contributed by atoms with van der Waals surface area (Å²) in [6.07, 6.45) is 10.6. The predicted octanol–water partition coefficient (Wildman–Crippen LogP) is 2.43. The van der Waals surface area contributed by atoms with E-state index in [2.05, 4.69) is 20.4 Å². The van der Waals surface area contributed by atoms with Gasteiger partial charge in [-0.2, -0.15) is 4.98 Å². The Morgan fingerprint density at radius 2 is 1.76 bits per heavy atom. The van der Waals surface area contributed by atoms with Crippen LogP contribution in [0.15, 0.2) is 0 Å². The van der Waals surface area contributed by atoms with Gasteiger partial charge in [0.1, 0.15) is 5.82 Å². The van der Waals surface area contributed by atoms with Crippen molar-refractivity contribution in [3.63, 3.8) is 0 Å². The molecule has 1 unspecified atom stereocenters. The third-order valence-electron chi connectivity index (χ3n) is 5.72. The summed E-state index contributed by atoms with van der Waals surface area (Å²) < 4.78 is 0. The van der Waals surface area contributed by atoms with Gasteiger partial charge in [-0.1, -0.05) is 12.8 Å². The molecule has 3 aliphatic rings. The van der Waals surface area contributed by atoms with Gasteiger partial charge >= 0.3 is 0 Å². The molecule has 1 atom stereocenters. The molecule has 2 saturated heterocycles. The number of hydrogen-bond donors (Lipinski definition) is 2. The van der Waals surface area contributed by atoms with E-state index in [4.69, 9.17) is 4.98 Å². The van der Waals surface area contributed by atoms with E-state index in [0.29, 0.717) is 5.92 Å². The first kappa shape index (κ1) is 13.6. The molecule has 2 N–H and O–H groups in total. The minimum atomic E-state index is 0.631. The molecule has 4 rings (SSSR count). The molecule has 1 aromatic heterocycles. The standard InChI is InChI=1S/C16H27N5/c1-2-5-13(4-1)15-18-16(20-19-15)21-10-7-12(8-11-21)14-6-3-9-17-14/h12-14,17H,1-11H2,(H,18,19,20). The van der Waals surface area contributed by atoms with Gasteiger partial charge in [-0.15, -0.1) is 5.10 Å². The molecular weight excluding hydrogens is 262 g/mol. The van der Waals surface area contributed by atoms with Crippen molar-refractivity contribution in [3.05, 3.63) is 5.82 Å². The summed E-state index contributed by atoms with van der Waals surface area (Å²) in [5, 5.41) is 11.3. The number of nitrogens with one attached hydrogen (secondary N) is 2. The number of nitrogens with zero attached hydrogens (tertiary/aromatic N) is 3. The molecule has 0 amide bonds. The third kappa shape index (κ3) is 2.80. The molecule has 0 radical (unpaired) electrons. The van der Waals surface area contributed by atoms with Crippen LogP contribution in [0.2, 0.25) is 0 Å². The van der Waals surface area contributed by atoms with Gasteiger partial charge in [0, 0.05) is 25.0 Å². The Morgan fingerprint density at radius 1 is 0.952 bits per heavy atom. The second-order valence-electron chi connectivity index (χ2n) is 7.03. The topological polar surface area (TPSA) is 56.8 Å². The molecule has 0 aromatic carbocycles. The van der Waals surface area contributed by atoms with Gasteiger partial charge in [0.2, 0.25) is 5.95 Å². The van der Waals surface area contributed by atoms with Crippen molar-refractivity contribution < 1.29 is 0 Å². The summed E-state index contributed by atoms with van der Waals surface area (Å²) >= 11 is 0. The zero-order valence-corrected chi connectivity index (χ0v) is 12.9. The van der Waals surface area contributed by atoms with Crippen molar-refractivity contribution in [3.8, 4) is 0 Å².